The molecule has 2 aliphatic heterocycles. The summed E-state index contributed by atoms with van der Waals surface area (Å²) in [6, 6.07) is 2.23. The first-order valence-electron chi connectivity index (χ1n) is 9.61. The highest BCUT2D eigenvalue weighted by Crippen LogP contribution is 2.41. The van der Waals surface area contributed by atoms with Gasteiger partial charge in [0.15, 0.2) is 29.8 Å². The predicted molar refractivity (Wildman–Crippen MR) is 123 cm³/mol. The highest BCUT2D eigenvalue weighted by Gasteiger charge is 2.54. The minimum Gasteiger partial charge on any atom is -0.410 e. The van der Waals surface area contributed by atoms with Gasteiger partial charge in [0, 0.05) is 22.8 Å². The van der Waals surface area contributed by atoms with E-state index >= 15 is 0 Å². The van der Waals surface area contributed by atoms with Crippen molar-refractivity contribution in [2.45, 2.75) is 18.0 Å². The van der Waals surface area contributed by atoms with Gasteiger partial charge in [-0.25, -0.2) is 9.55 Å². The lowest BCUT2D eigenvalue weighted by molar-refractivity contribution is -0.689. The van der Waals surface area contributed by atoms with Gasteiger partial charge in [0.25, 0.3) is 23.0 Å². The molecule has 2 aromatic heterocycles. The molecule has 0 aliphatic carbocycles. The lowest BCUT2D eigenvalue weighted by Gasteiger charge is -2.49. The molecule has 2 aliphatic rings. The summed E-state index contributed by atoms with van der Waals surface area (Å²) in [5.41, 5.74) is 11.4. The summed E-state index contributed by atoms with van der Waals surface area (Å²) < 4.78 is 1.66. The van der Waals surface area contributed by atoms with Crippen molar-refractivity contribution in [3.05, 3.63) is 52.4 Å². The Morgan fingerprint density at radius 3 is 2.79 bits per heavy atom. The van der Waals surface area contributed by atoms with Crippen LogP contribution in [-0.4, -0.2) is 60.9 Å². The van der Waals surface area contributed by atoms with Crippen LogP contribution in [0.15, 0.2) is 46.3 Å². The number of rotatable bonds is 7. The molecule has 15 heteroatoms. The third-order valence-corrected chi connectivity index (χ3v) is 7.31. The van der Waals surface area contributed by atoms with Crippen molar-refractivity contribution in [3.8, 4) is 0 Å². The molecule has 1 fully saturated rings. The topological polar surface area (TPSA) is 185 Å². The van der Waals surface area contributed by atoms with Gasteiger partial charge < -0.3 is 22.0 Å². The number of carbonyl (C=O) groups is 4. The van der Waals surface area contributed by atoms with Gasteiger partial charge in [0.2, 0.25) is 0 Å². The number of anilines is 1. The number of hydrogen-bond donors (Lipinski definition) is 4. The largest absolute Gasteiger partial charge is 0.410 e. The average Bonchev–Trinajstić information content (AvgIpc) is 3.23. The fourth-order valence-electron chi connectivity index (χ4n) is 3.59. The summed E-state index contributed by atoms with van der Waals surface area (Å²) in [5.74, 6) is -1.62. The van der Waals surface area contributed by atoms with E-state index in [2.05, 4.69) is 15.5 Å². The van der Waals surface area contributed by atoms with Crippen LogP contribution in [0.2, 0.25) is 0 Å². The summed E-state index contributed by atoms with van der Waals surface area (Å²) >= 11 is 8.21. The number of amides is 3. The molecule has 4 heterocycles. The van der Waals surface area contributed by atoms with Crippen LogP contribution in [0.1, 0.15) is 16.1 Å². The fraction of sp³-hybridized carbons (Fsp3) is 0.211. The van der Waals surface area contributed by atoms with E-state index in [4.69, 9.17) is 23.1 Å². The lowest BCUT2D eigenvalue weighted by atomic mass is 10.0. The monoisotopic (exact) mass is 522 g/mol. The van der Waals surface area contributed by atoms with E-state index in [1.165, 1.54) is 28.2 Å². The summed E-state index contributed by atoms with van der Waals surface area (Å²) in [6.07, 6.45) is 3.22. The molecule has 12 nitrogen and oxygen atoms in total. The number of oxime groups is 1. The number of nitrogens with zero attached hydrogens (tertiary/aromatic N) is 4. The molecule has 0 saturated carbocycles. The quantitative estimate of drug-likeness (QED) is 0.0927. The van der Waals surface area contributed by atoms with Crippen molar-refractivity contribution in [3.63, 3.8) is 0 Å². The first kappa shape index (κ1) is 23.7. The molecule has 0 spiro atoms. The number of pyridine rings is 1. The van der Waals surface area contributed by atoms with Crippen LogP contribution in [0.5, 0.6) is 0 Å². The third-order valence-electron chi connectivity index (χ3n) is 5.12. The number of nitrogens with two attached hydrogens (primary N) is 2. The van der Waals surface area contributed by atoms with Gasteiger partial charge in [0.05, 0.1) is 0 Å². The highest BCUT2D eigenvalue weighted by molar-refractivity contribution is 8.00. The van der Waals surface area contributed by atoms with E-state index in [0.29, 0.717) is 11.3 Å². The Labute approximate surface area is 205 Å². The van der Waals surface area contributed by atoms with Gasteiger partial charge in [-0.2, -0.15) is 0 Å². The zero-order chi connectivity index (χ0) is 24.6. The third kappa shape index (κ3) is 4.34. The van der Waals surface area contributed by atoms with E-state index in [0.717, 1.165) is 11.3 Å². The summed E-state index contributed by atoms with van der Waals surface area (Å²) in [5, 5.41) is 15.0. The number of halogens is 1. The Kier molecular flexibility index (Phi) is 6.54. The number of carbonyl (C=O) groups excluding carboxylic acids is 4. The summed E-state index contributed by atoms with van der Waals surface area (Å²) in [4.78, 5) is 54.3. The summed E-state index contributed by atoms with van der Waals surface area (Å²) in [7, 11) is 0. The molecule has 6 N–H and O–H groups in total. The molecular formula is C19H17ClN7O5S2+. The molecule has 176 valence electrons. The molecule has 34 heavy (non-hydrogen) atoms. The summed E-state index contributed by atoms with van der Waals surface area (Å²) in [6.45, 7) is 0.196. The molecule has 0 bridgehead atoms. The van der Waals surface area contributed by atoms with Crippen molar-refractivity contribution in [1.82, 2.24) is 15.2 Å². The zero-order valence-corrected chi connectivity index (χ0v) is 19.6. The maximum Gasteiger partial charge on any atom is 0.276 e. The Morgan fingerprint density at radius 1 is 1.41 bits per heavy atom. The number of nitrogens with one attached hydrogen (secondary N) is 1. The number of hydrogen-bond acceptors (Lipinski definition) is 10. The Morgan fingerprint density at radius 2 is 2.18 bits per heavy atom. The number of thiazole rings is 1. The van der Waals surface area contributed by atoms with Crippen LogP contribution in [0.25, 0.3) is 0 Å². The Hall–Kier alpha value is -3.49. The van der Waals surface area contributed by atoms with Gasteiger partial charge in [0.1, 0.15) is 28.4 Å². The smallest absolute Gasteiger partial charge is 0.276 e. The molecular weight excluding hydrogens is 506 g/mol. The Balaban J connectivity index is 1.53. The van der Waals surface area contributed by atoms with Crippen molar-refractivity contribution < 1.29 is 29.0 Å². The molecule has 1 saturated heterocycles. The van der Waals surface area contributed by atoms with E-state index in [1.807, 2.05) is 0 Å². The second-order valence-electron chi connectivity index (χ2n) is 7.24. The van der Waals surface area contributed by atoms with Gasteiger partial charge >= 0.3 is 0 Å². The molecule has 4 rings (SSSR count). The molecule has 0 radical (unpaired) electrons. The average molecular weight is 523 g/mol. The number of aromatic nitrogens is 2. The molecule has 3 amide bonds. The standard InChI is InChI=1S/C19H16ClN7O5S2/c20-14(28)13-9(5-26-3-1-2-8(4-26)15(21)29)6-33-18-12(17(31)27(13)18)24-16(30)11(25-32)10-7-34-19(22)23-10/h1-4,7,12,18H,5-6H2,(H5-,21,22,23,24,29,30,32)/p+1/t12-,18+/m1/s1. The van der Waals surface area contributed by atoms with Crippen LogP contribution >= 0.6 is 34.7 Å². The first-order valence-corrected chi connectivity index (χ1v) is 11.9. The maximum absolute atomic E-state index is 12.9. The van der Waals surface area contributed by atoms with Crippen LogP contribution in [0.3, 0.4) is 0 Å². The normalized spacial score (nSPS) is 20.0. The van der Waals surface area contributed by atoms with Gasteiger partial charge in [-0.1, -0.05) is 5.16 Å². The van der Waals surface area contributed by atoms with Crippen molar-refractivity contribution in [2.24, 2.45) is 10.9 Å². The van der Waals surface area contributed by atoms with E-state index in [-0.39, 0.29) is 28.6 Å². The first-order chi connectivity index (χ1) is 16.2. The van der Waals surface area contributed by atoms with Crippen molar-refractivity contribution in [1.29, 1.82) is 0 Å². The van der Waals surface area contributed by atoms with Crippen LogP contribution in [0, 0.1) is 0 Å². The van der Waals surface area contributed by atoms with E-state index < -0.39 is 40.1 Å². The number of nitrogen functional groups attached to an aromatic ring is 1. The molecule has 0 aromatic carbocycles. The van der Waals surface area contributed by atoms with Crippen LogP contribution < -0.4 is 21.4 Å². The van der Waals surface area contributed by atoms with E-state index in [1.54, 1.807) is 22.9 Å². The predicted octanol–water partition coefficient (Wildman–Crippen LogP) is -0.590. The van der Waals surface area contributed by atoms with E-state index in [9.17, 15) is 24.4 Å². The lowest BCUT2D eigenvalue weighted by Crippen LogP contribution is -2.71. The van der Waals surface area contributed by atoms with Gasteiger partial charge in [-0.15, -0.1) is 23.1 Å². The Bertz CT molecular complexity index is 1280. The number of thioether (sulfide) groups is 1. The second kappa shape index (κ2) is 9.40. The highest BCUT2D eigenvalue weighted by atomic mass is 35.5. The van der Waals surface area contributed by atoms with Crippen molar-refractivity contribution >= 4 is 68.5 Å². The van der Waals surface area contributed by atoms with Crippen LogP contribution in [-0.2, 0) is 20.9 Å². The minimum atomic E-state index is -0.969. The number of fused-ring (bicyclic) bond motifs is 1. The van der Waals surface area contributed by atoms with Crippen molar-refractivity contribution in [2.75, 3.05) is 11.5 Å². The van der Waals surface area contributed by atoms with Gasteiger partial charge in [-0.05, 0) is 17.7 Å². The number of β-lactam (4-membered cyclic amide) rings is 1. The van der Waals surface area contributed by atoms with Gasteiger partial charge in [-0.3, -0.25) is 24.1 Å². The van der Waals surface area contributed by atoms with Crippen LogP contribution in [0.4, 0.5) is 5.13 Å². The minimum absolute atomic E-state index is 0.0289. The molecule has 2 aromatic rings. The maximum atomic E-state index is 12.9. The fourth-order valence-corrected chi connectivity index (χ4v) is 5.70. The number of allylic oxidation sites excluding steroid dienone is 1. The second-order valence-corrected chi connectivity index (χ2v) is 9.57. The molecule has 0 unspecified atom stereocenters. The zero-order valence-electron chi connectivity index (χ0n) is 17.2. The SMILES string of the molecule is NC(=O)c1ccc[n+](CC2=C(C(=O)Cl)N3C(=O)[C@@H](NC(=O)C(=NO)c4csc(N)n4)[C@@H]3SC2)c1. The molecule has 2 atom stereocenters. The number of primary amides is 1.